The summed E-state index contributed by atoms with van der Waals surface area (Å²) in [6.07, 6.45) is 2.35. The van der Waals surface area contributed by atoms with Gasteiger partial charge in [0.25, 0.3) is 0 Å². The van der Waals surface area contributed by atoms with Crippen LogP contribution in [0.2, 0.25) is 0 Å². The number of hydrogen-bond acceptors (Lipinski definition) is 1. The van der Waals surface area contributed by atoms with E-state index in [-0.39, 0.29) is 0 Å². The number of rotatable bonds is 5. The Morgan fingerprint density at radius 1 is 0.826 bits per heavy atom. The summed E-state index contributed by atoms with van der Waals surface area (Å²) in [6, 6.07) is 26.3. The molecule has 0 bridgehead atoms. The highest BCUT2D eigenvalue weighted by Crippen LogP contribution is 2.36. The lowest BCUT2D eigenvalue weighted by molar-refractivity contribution is 0.920. The van der Waals surface area contributed by atoms with E-state index in [1.54, 1.807) is 0 Å². The van der Waals surface area contributed by atoms with Gasteiger partial charge in [-0.3, -0.25) is 0 Å². The molecule has 0 aliphatic heterocycles. The summed E-state index contributed by atoms with van der Waals surface area (Å²) >= 11 is 1.85. The Hall–Kier alpha value is -1.99. The van der Waals surface area contributed by atoms with Crippen LogP contribution in [0.3, 0.4) is 0 Å². The molecule has 0 atom stereocenters. The molecule has 3 aromatic carbocycles. The number of aryl methyl sites for hydroxylation is 2. The fourth-order valence-electron chi connectivity index (χ4n) is 2.71. The maximum Gasteiger partial charge on any atom is 0.0203 e. The van der Waals surface area contributed by atoms with Crippen LogP contribution in [0.25, 0.3) is 11.1 Å². The minimum atomic E-state index is 1.16. The first-order valence-corrected chi connectivity index (χ1v) is 9.01. The molecule has 0 saturated carbocycles. The lowest BCUT2D eigenvalue weighted by Gasteiger charge is -2.11. The van der Waals surface area contributed by atoms with Crippen LogP contribution in [-0.2, 0) is 6.42 Å². The Labute approximate surface area is 143 Å². The molecule has 0 spiro atoms. The molecule has 0 aliphatic carbocycles. The van der Waals surface area contributed by atoms with Crippen LogP contribution in [0.1, 0.15) is 24.5 Å². The van der Waals surface area contributed by atoms with Gasteiger partial charge in [-0.1, -0.05) is 79.7 Å². The van der Waals surface area contributed by atoms with Crippen LogP contribution < -0.4 is 0 Å². The maximum atomic E-state index is 2.28. The first kappa shape index (κ1) is 15.9. The van der Waals surface area contributed by atoms with E-state index in [1.807, 2.05) is 11.8 Å². The van der Waals surface area contributed by atoms with Crippen LogP contribution in [0.4, 0.5) is 0 Å². The Kier molecular flexibility index (Phi) is 5.19. The highest BCUT2D eigenvalue weighted by atomic mass is 32.2. The number of hydrogen-bond donors (Lipinski definition) is 0. The smallest absolute Gasteiger partial charge is 0.0203 e. The molecule has 116 valence electrons. The van der Waals surface area contributed by atoms with E-state index in [0.717, 1.165) is 6.42 Å². The van der Waals surface area contributed by atoms with E-state index in [1.165, 1.54) is 38.5 Å². The van der Waals surface area contributed by atoms with Gasteiger partial charge >= 0.3 is 0 Å². The van der Waals surface area contributed by atoms with Gasteiger partial charge in [-0.05, 0) is 53.8 Å². The molecule has 0 saturated heterocycles. The minimum Gasteiger partial charge on any atom is -0.0894 e. The van der Waals surface area contributed by atoms with E-state index in [4.69, 9.17) is 0 Å². The van der Waals surface area contributed by atoms with Gasteiger partial charge in [0.2, 0.25) is 0 Å². The zero-order chi connectivity index (χ0) is 16.1. The van der Waals surface area contributed by atoms with E-state index < -0.39 is 0 Å². The molecular weight excluding hydrogens is 296 g/mol. The average molecular weight is 318 g/mol. The van der Waals surface area contributed by atoms with Gasteiger partial charge in [0.1, 0.15) is 0 Å². The SMILES string of the molecule is CCCc1ccc(Sc2cc(C)ccc2-c2ccccc2)cc1. The molecule has 0 aliphatic rings. The first-order chi connectivity index (χ1) is 11.3. The fraction of sp³-hybridized carbons (Fsp3) is 0.182. The van der Waals surface area contributed by atoms with E-state index in [0.29, 0.717) is 0 Å². The van der Waals surface area contributed by atoms with Crippen molar-refractivity contribution >= 4 is 11.8 Å². The van der Waals surface area contributed by atoms with Crippen molar-refractivity contribution < 1.29 is 0 Å². The van der Waals surface area contributed by atoms with Crippen molar-refractivity contribution in [1.82, 2.24) is 0 Å². The van der Waals surface area contributed by atoms with Crippen molar-refractivity contribution in [3.8, 4) is 11.1 Å². The monoisotopic (exact) mass is 318 g/mol. The van der Waals surface area contributed by atoms with Crippen molar-refractivity contribution in [2.75, 3.05) is 0 Å². The Morgan fingerprint density at radius 2 is 1.57 bits per heavy atom. The normalized spacial score (nSPS) is 10.7. The fourth-order valence-corrected chi connectivity index (χ4v) is 3.78. The second kappa shape index (κ2) is 7.52. The second-order valence-corrected chi connectivity index (χ2v) is 6.98. The average Bonchev–Trinajstić information content (AvgIpc) is 2.58. The molecule has 0 nitrogen and oxygen atoms in total. The molecule has 0 unspecified atom stereocenters. The van der Waals surface area contributed by atoms with Crippen molar-refractivity contribution in [3.63, 3.8) is 0 Å². The van der Waals surface area contributed by atoms with Crippen LogP contribution in [0, 0.1) is 6.92 Å². The highest BCUT2D eigenvalue weighted by Gasteiger charge is 2.07. The van der Waals surface area contributed by atoms with Crippen molar-refractivity contribution in [3.05, 3.63) is 83.9 Å². The van der Waals surface area contributed by atoms with Gasteiger partial charge in [-0.2, -0.15) is 0 Å². The zero-order valence-corrected chi connectivity index (χ0v) is 14.6. The third kappa shape index (κ3) is 4.05. The van der Waals surface area contributed by atoms with Crippen LogP contribution in [0.5, 0.6) is 0 Å². The van der Waals surface area contributed by atoms with Crippen LogP contribution in [-0.4, -0.2) is 0 Å². The quantitative estimate of drug-likeness (QED) is 0.500. The Bertz CT molecular complexity index is 758. The molecular formula is C22H22S. The third-order valence-electron chi connectivity index (χ3n) is 3.91. The topological polar surface area (TPSA) is 0 Å². The van der Waals surface area contributed by atoms with Gasteiger partial charge in [0, 0.05) is 9.79 Å². The summed E-state index contributed by atoms with van der Waals surface area (Å²) in [7, 11) is 0. The molecule has 3 rings (SSSR count). The summed E-state index contributed by atoms with van der Waals surface area (Å²) in [5.74, 6) is 0. The summed E-state index contributed by atoms with van der Waals surface area (Å²) < 4.78 is 0. The molecule has 3 aromatic rings. The summed E-state index contributed by atoms with van der Waals surface area (Å²) in [5, 5.41) is 0. The van der Waals surface area contributed by atoms with Gasteiger partial charge in [0.15, 0.2) is 0 Å². The summed E-state index contributed by atoms with van der Waals surface area (Å²) in [6.45, 7) is 4.38. The van der Waals surface area contributed by atoms with Gasteiger partial charge in [-0.15, -0.1) is 0 Å². The molecule has 0 fully saturated rings. The molecule has 23 heavy (non-hydrogen) atoms. The molecule has 0 N–H and O–H groups in total. The Balaban J connectivity index is 1.91. The molecule has 1 heteroatoms. The molecule has 0 heterocycles. The van der Waals surface area contributed by atoms with Crippen LogP contribution in [0.15, 0.2) is 82.6 Å². The van der Waals surface area contributed by atoms with E-state index in [2.05, 4.69) is 86.6 Å². The predicted octanol–water partition coefficient (Wildman–Crippen LogP) is 6.77. The van der Waals surface area contributed by atoms with Gasteiger partial charge in [-0.25, -0.2) is 0 Å². The molecule has 0 radical (unpaired) electrons. The van der Waals surface area contributed by atoms with Crippen molar-refractivity contribution in [1.29, 1.82) is 0 Å². The van der Waals surface area contributed by atoms with Crippen molar-refractivity contribution in [2.45, 2.75) is 36.5 Å². The minimum absolute atomic E-state index is 1.16. The summed E-state index contributed by atoms with van der Waals surface area (Å²) in [5.41, 5.74) is 5.30. The van der Waals surface area contributed by atoms with E-state index >= 15 is 0 Å². The van der Waals surface area contributed by atoms with Crippen molar-refractivity contribution in [2.24, 2.45) is 0 Å². The van der Waals surface area contributed by atoms with Gasteiger partial charge in [0.05, 0.1) is 0 Å². The first-order valence-electron chi connectivity index (χ1n) is 8.19. The highest BCUT2D eigenvalue weighted by molar-refractivity contribution is 7.99. The predicted molar refractivity (Wildman–Crippen MR) is 101 cm³/mol. The molecule has 0 aromatic heterocycles. The zero-order valence-electron chi connectivity index (χ0n) is 13.8. The lowest BCUT2D eigenvalue weighted by atomic mass is 10.0. The maximum absolute atomic E-state index is 2.28. The van der Waals surface area contributed by atoms with Gasteiger partial charge < -0.3 is 0 Å². The molecule has 0 amide bonds. The largest absolute Gasteiger partial charge is 0.0894 e. The summed E-state index contributed by atoms with van der Waals surface area (Å²) in [4.78, 5) is 2.62. The second-order valence-electron chi connectivity index (χ2n) is 5.86. The lowest BCUT2D eigenvalue weighted by Crippen LogP contribution is -1.86. The standard InChI is InChI=1S/C22H22S/c1-3-7-18-11-13-20(14-12-18)23-22-16-17(2)10-15-21(22)19-8-5-4-6-9-19/h4-6,8-16H,3,7H2,1-2H3. The van der Waals surface area contributed by atoms with E-state index in [9.17, 15) is 0 Å². The number of benzene rings is 3. The van der Waals surface area contributed by atoms with Crippen LogP contribution >= 0.6 is 11.8 Å². The third-order valence-corrected chi connectivity index (χ3v) is 4.98. The Morgan fingerprint density at radius 3 is 2.26 bits per heavy atom.